The molecular weight excluding hydrogens is 210 g/mol. The zero-order valence-corrected chi connectivity index (χ0v) is 9.53. The highest BCUT2D eigenvalue weighted by molar-refractivity contribution is 6.01. The monoisotopic (exact) mass is 225 g/mol. The molecule has 1 aromatic carbocycles. The van der Waals surface area contributed by atoms with Crippen LogP contribution in [0.3, 0.4) is 0 Å². The number of ether oxygens (including phenoxy) is 2. The van der Waals surface area contributed by atoms with E-state index in [1.807, 2.05) is 0 Å². The fourth-order valence-corrected chi connectivity index (χ4v) is 1.41. The van der Waals surface area contributed by atoms with Gasteiger partial charge >= 0.3 is 0 Å². The topological polar surface area (TPSA) is 67.8 Å². The van der Waals surface area contributed by atoms with Crippen LogP contribution in [0.5, 0.6) is 17.2 Å². The number of hydrogen-bond donors (Lipinski definition) is 2. The zero-order valence-electron chi connectivity index (χ0n) is 9.53. The molecule has 1 aromatic rings. The molecule has 0 unspecified atom stereocenters. The maximum Gasteiger partial charge on any atom is 0.180 e. The summed E-state index contributed by atoms with van der Waals surface area (Å²) in [6.45, 7) is 0.170. The highest BCUT2D eigenvalue weighted by atomic mass is 16.5. The van der Waals surface area contributed by atoms with E-state index in [1.54, 1.807) is 7.05 Å². The second-order valence-corrected chi connectivity index (χ2v) is 3.18. The Morgan fingerprint density at radius 2 is 2.06 bits per heavy atom. The fraction of sp³-hybridized carbons (Fsp3) is 0.364. The van der Waals surface area contributed by atoms with E-state index < -0.39 is 0 Å². The van der Waals surface area contributed by atoms with Crippen molar-refractivity contribution in [3.63, 3.8) is 0 Å². The summed E-state index contributed by atoms with van der Waals surface area (Å²) in [7, 11) is 4.57. The third-order valence-electron chi connectivity index (χ3n) is 2.10. The van der Waals surface area contributed by atoms with E-state index in [-0.39, 0.29) is 18.1 Å². The lowest BCUT2D eigenvalue weighted by molar-refractivity contribution is 0.0989. The number of phenols is 1. The van der Waals surface area contributed by atoms with Gasteiger partial charge in [-0.1, -0.05) is 0 Å². The number of phenolic OH excluding ortho intramolecular Hbond substituents is 1. The standard InChI is InChI=1S/C11H15NO4/c1-12-6-9(14)8-4-7(13)5-10(15-2)11(8)16-3/h4-5,12-13H,6H2,1-3H3. The van der Waals surface area contributed by atoms with Crippen molar-refractivity contribution in [2.75, 3.05) is 27.8 Å². The summed E-state index contributed by atoms with van der Waals surface area (Å²) >= 11 is 0. The molecule has 0 aliphatic rings. The van der Waals surface area contributed by atoms with Crippen LogP contribution in [0.2, 0.25) is 0 Å². The number of carbonyl (C=O) groups excluding carboxylic acids is 1. The van der Waals surface area contributed by atoms with E-state index in [2.05, 4.69) is 5.32 Å². The summed E-state index contributed by atoms with van der Waals surface area (Å²) in [5.74, 6) is 0.466. The summed E-state index contributed by atoms with van der Waals surface area (Å²) < 4.78 is 10.1. The molecule has 0 aliphatic heterocycles. The van der Waals surface area contributed by atoms with Gasteiger partial charge in [0.2, 0.25) is 0 Å². The molecule has 5 nitrogen and oxygen atoms in total. The van der Waals surface area contributed by atoms with E-state index in [1.165, 1.54) is 26.4 Å². The van der Waals surface area contributed by atoms with E-state index >= 15 is 0 Å². The molecule has 0 spiro atoms. The van der Waals surface area contributed by atoms with Crippen LogP contribution in [0.4, 0.5) is 0 Å². The van der Waals surface area contributed by atoms with Gasteiger partial charge in [-0.25, -0.2) is 0 Å². The molecule has 0 fully saturated rings. The number of methoxy groups -OCH3 is 2. The molecule has 0 heterocycles. The van der Waals surface area contributed by atoms with Crippen molar-refractivity contribution in [1.82, 2.24) is 5.32 Å². The van der Waals surface area contributed by atoms with E-state index in [0.29, 0.717) is 17.1 Å². The first-order valence-electron chi connectivity index (χ1n) is 4.76. The molecule has 0 aromatic heterocycles. The minimum atomic E-state index is -0.173. The Balaban J connectivity index is 3.24. The van der Waals surface area contributed by atoms with Crippen LogP contribution in [0.25, 0.3) is 0 Å². The minimum Gasteiger partial charge on any atom is -0.508 e. The van der Waals surface area contributed by atoms with Gasteiger partial charge in [0.1, 0.15) is 5.75 Å². The highest BCUT2D eigenvalue weighted by Gasteiger charge is 2.17. The SMILES string of the molecule is CNCC(=O)c1cc(O)cc(OC)c1OC. The Labute approximate surface area is 94.0 Å². The Morgan fingerprint density at radius 1 is 1.38 bits per heavy atom. The van der Waals surface area contributed by atoms with Crippen molar-refractivity contribution in [3.05, 3.63) is 17.7 Å². The van der Waals surface area contributed by atoms with Crippen LogP contribution < -0.4 is 14.8 Å². The lowest BCUT2D eigenvalue weighted by Crippen LogP contribution is -2.19. The molecule has 1 rings (SSSR count). The molecule has 16 heavy (non-hydrogen) atoms. The molecule has 0 amide bonds. The van der Waals surface area contributed by atoms with Crippen molar-refractivity contribution >= 4 is 5.78 Å². The molecule has 0 bridgehead atoms. The van der Waals surface area contributed by atoms with Gasteiger partial charge in [-0.2, -0.15) is 0 Å². The minimum absolute atomic E-state index is 0.0305. The van der Waals surface area contributed by atoms with Gasteiger partial charge in [0.05, 0.1) is 26.3 Å². The van der Waals surface area contributed by atoms with Crippen LogP contribution in [0, 0.1) is 0 Å². The van der Waals surface area contributed by atoms with E-state index in [4.69, 9.17) is 9.47 Å². The number of likely N-dealkylation sites (N-methyl/N-ethyl adjacent to an activating group) is 1. The lowest BCUT2D eigenvalue weighted by Gasteiger charge is -2.12. The van der Waals surface area contributed by atoms with Gasteiger partial charge in [0, 0.05) is 6.07 Å². The maximum absolute atomic E-state index is 11.7. The first-order valence-corrected chi connectivity index (χ1v) is 4.76. The van der Waals surface area contributed by atoms with Gasteiger partial charge in [0.15, 0.2) is 17.3 Å². The number of hydrogen-bond acceptors (Lipinski definition) is 5. The van der Waals surface area contributed by atoms with Gasteiger partial charge < -0.3 is 19.9 Å². The molecule has 0 saturated carbocycles. The second-order valence-electron chi connectivity index (χ2n) is 3.18. The van der Waals surface area contributed by atoms with Crippen molar-refractivity contribution in [2.24, 2.45) is 0 Å². The van der Waals surface area contributed by atoms with Crippen molar-refractivity contribution in [2.45, 2.75) is 0 Å². The molecule has 0 atom stereocenters. The lowest BCUT2D eigenvalue weighted by atomic mass is 10.1. The number of benzene rings is 1. The average Bonchev–Trinajstić information content (AvgIpc) is 2.28. The second kappa shape index (κ2) is 5.37. The van der Waals surface area contributed by atoms with Gasteiger partial charge in [-0.15, -0.1) is 0 Å². The molecule has 0 saturated heterocycles. The van der Waals surface area contributed by atoms with Crippen LogP contribution in [-0.4, -0.2) is 38.7 Å². The summed E-state index contributed by atoms with van der Waals surface area (Å²) in [5, 5.41) is 12.2. The van der Waals surface area contributed by atoms with Gasteiger partial charge in [-0.05, 0) is 13.1 Å². The summed E-state index contributed by atoms with van der Waals surface area (Å²) in [5.41, 5.74) is 0.300. The summed E-state index contributed by atoms with van der Waals surface area (Å²) in [6.07, 6.45) is 0. The predicted molar refractivity (Wildman–Crippen MR) is 59.5 cm³/mol. The quantitative estimate of drug-likeness (QED) is 0.726. The van der Waals surface area contributed by atoms with Crippen molar-refractivity contribution in [3.8, 4) is 17.2 Å². The Hall–Kier alpha value is -1.75. The maximum atomic E-state index is 11.7. The number of ketones is 1. The largest absolute Gasteiger partial charge is 0.508 e. The molecular formula is C11H15NO4. The zero-order chi connectivity index (χ0) is 12.1. The third kappa shape index (κ3) is 2.43. The van der Waals surface area contributed by atoms with Crippen LogP contribution in [0.15, 0.2) is 12.1 Å². The number of rotatable bonds is 5. The van der Waals surface area contributed by atoms with Gasteiger partial charge in [-0.3, -0.25) is 4.79 Å². The average molecular weight is 225 g/mol. The predicted octanol–water partition coefficient (Wildman–Crippen LogP) is 0.811. The molecule has 5 heteroatoms. The Kier molecular flexibility index (Phi) is 4.13. The first-order chi connectivity index (χ1) is 7.63. The van der Waals surface area contributed by atoms with Crippen molar-refractivity contribution in [1.29, 1.82) is 0 Å². The van der Waals surface area contributed by atoms with E-state index in [0.717, 1.165) is 0 Å². The number of aromatic hydroxyl groups is 1. The molecule has 2 N–H and O–H groups in total. The molecule has 0 radical (unpaired) electrons. The summed E-state index contributed by atoms with van der Waals surface area (Å²) in [6, 6.07) is 2.76. The highest BCUT2D eigenvalue weighted by Crippen LogP contribution is 2.35. The van der Waals surface area contributed by atoms with Crippen LogP contribution in [-0.2, 0) is 0 Å². The Morgan fingerprint density at radius 3 is 2.56 bits per heavy atom. The smallest absolute Gasteiger partial charge is 0.180 e. The third-order valence-corrected chi connectivity index (χ3v) is 2.10. The fourth-order valence-electron chi connectivity index (χ4n) is 1.41. The van der Waals surface area contributed by atoms with E-state index in [9.17, 15) is 9.90 Å². The van der Waals surface area contributed by atoms with Crippen molar-refractivity contribution < 1.29 is 19.4 Å². The summed E-state index contributed by atoms with van der Waals surface area (Å²) in [4.78, 5) is 11.7. The first kappa shape index (κ1) is 12.3. The molecule has 88 valence electrons. The number of carbonyl (C=O) groups is 1. The Bertz CT molecular complexity index is 390. The van der Waals surface area contributed by atoms with Gasteiger partial charge in [0.25, 0.3) is 0 Å². The number of nitrogens with one attached hydrogen (secondary N) is 1. The normalized spacial score (nSPS) is 9.94. The van der Waals surface area contributed by atoms with Crippen LogP contribution >= 0.6 is 0 Å². The number of Topliss-reactive ketones (excluding diaryl/α,β-unsaturated/α-hetero) is 1. The van der Waals surface area contributed by atoms with Crippen LogP contribution in [0.1, 0.15) is 10.4 Å². The molecule has 0 aliphatic carbocycles.